The van der Waals surface area contributed by atoms with Gasteiger partial charge in [0.25, 0.3) is 0 Å². The Balaban J connectivity index is 1.84. The van der Waals surface area contributed by atoms with Crippen LogP contribution in [-0.4, -0.2) is 51.9 Å². The van der Waals surface area contributed by atoms with E-state index in [1.807, 2.05) is 11.8 Å². The van der Waals surface area contributed by atoms with E-state index in [4.69, 9.17) is 4.74 Å². The second-order valence-corrected chi connectivity index (χ2v) is 5.37. The summed E-state index contributed by atoms with van der Waals surface area (Å²) < 4.78 is 32.1. The largest absolute Gasteiger partial charge is 0.380 e. The first kappa shape index (κ1) is 17.5. The van der Waals surface area contributed by atoms with Crippen molar-refractivity contribution in [3.63, 3.8) is 0 Å². The molecule has 0 saturated carbocycles. The van der Waals surface area contributed by atoms with Crippen molar-refractivity contribution in [2.24, 2.45) is 4.99 Å². The molecule has 0 amide bonds. The number of anilines is 1. The van der Waals surface area contributed by atoms with Crippen molar-refractivity contribution in [3.8, 4) is 0 Å². The lowest BCUT2D eigenvalue weighted by Crippen LogP contribution is -2.45. The first-order valence-corrected chi connectivity index (χ1v) is 7.89. The third-order valence-electron chi connectivity index (χ3n) is 3.75. The van der Waals surface area contributed by atoms with Gasteiger partial charge < -0.3 is 20.3 Å². The summed E-state index contributed by atoms with van der Waals surface area (Å²) in [5.41, 5.74) is 0.440. The molecule has 0 bridgehead atoms. The monoisotopic (exact) mass is 326 g/mol. The van der Waals surface area contributed by atoms with Gasteiger partial charge in [0, 0.05) is 45.4 Å². The lowest BCUT2D eigenvalue weighted by Gasteiger charge is -2.21. The SMILES string of the molecule is CCOCCNC(=NC)NC1CCN(c2ccc(F)cc2F)C1. The van der Waals surface area contributed by atoms with Gasteiger partial charge in [-0.2, -0.15) is 0 Å². The molecule has 0 spiro atoms. The molecule has 0 aromatic heterocycles. The average Bonchev–Trinajstić information content (AvgIpc) is 2.98. The van der Waals surface area contributed by atoms with Crippen molar-refractivity contribution >= 4 is 11.6 Å². The molecule has 1 fully saturated rings. The van der Waals surface area contributed by atoms with Crippen LogP contribution in [0.25, 0.3) is 0 Å². The Morgan fingerprint density at radius 1 is 1.43 bits per heavy atom. The number of halogens is 2. The summed E-state index contributed by atoms with van der Waals surface area (Å²) in [6.07, 6.45) is 0.864. The molecule has 1 unspecified atom stereocenters. The van der Waals surface area contributed by atoms with Gasteiger partial charge in [-0.3, -0.25) is 4.99 Å². The fourth-order valence-corrected chi connectivity index (χ4v) is 2.61. The molecule has 0 radical (unpaired) electrons. The van der Waals surface area contributed by atoms with Crippen LogP contribution in [0.1, 0.15) is 13.3 Å². The molecule has 23 heavy (non-hydrogen) atoms. The predicted octanol–water partition coefficient (Wildman–Crippen LogP) is 1.74. The van der Waals surface area contributed by atoms with Gasteiger partial charge in [-0.25, -0.2) is 8.78 Å². The Bertz CT molecular complexity index is 539. The van der Waals surface area contributed by atoms with Gasteiger partial charge >= 0.3 is 0 Å². The summed E-state index contributed by atoms with van der Waals surface area (Å²) >= 11 is 0. The maximum Gasteiger partial charge on any atom is 0.191 e. The van der Waals surface area contributed by atoms with Crippen molar-refractivity contribution < 1.29 is 13.5 Å². The number of rotatable bonds is 6. The summed E-state index contributed by atoms with van der Waals surface area (Å²) in [6, 6.07) is 3.86. The molecule has 1 aromatic rings. The molecule has 2 N–H and O–H groups in total. The lowest BCUT2D eigenvalue weighted by atomic mass is 10.2. The average molecular weight is 326 g/mol. The van der Waals surface area contributed by atoms with Gasteiger partial charge in [0.2, 0.25) is 0 Å². The van der Waals surface area contributed by atoms with Crippen LogP contribution in [0, 0.1) is 11.6 Å². The minimum atomic E-state index is -0.556. The van der Waals surface area contributed by atoms with E-state index in [0.717, 1.165) is 19.0 Å². The zero-order valence-electron chi connectivity index (χ0n) is 13.6. The maximum atomic E-state index is 13.8. The first-order valence-electron chi connectivity index (χ1n) is 7.89. The molecule has 7 heteroatoms. The quantitative estimate of drug-likeness (QED) is 0.475. The van der Waals surface area contributed by atoms with Crippen molar-refractivity contribution in [1.29, 1.82) is 0 Å². The first-order chi connectivity index (χ1) is 11.1. The summed E-state index contributed by atoms with van der Waals surface area (Å²) in [4.78, 5) is 6.09. The minimum Gasteiger partial charge on any atom is -0.380 e. The number of benzene rings is 1. The van der Waals surface area contributed by atoms with Crippen LogP contribution < -0.4 is 15.5 Å². The van der Waals surface area contributed by atoms with Crippen LogP contribution in [0.15, 0.2) is 23.2 Å². The van der Waals surface area contributed by atoms with Crippen LogP contribution in [0.4, 0.5) is 14.5 Å². The molecule has 5 nitrogen and oxygen atoms in total. The van der Waals surface area contributed by atoms with Gasteiger partial charge in [-0.15, -0.1) is 0 Å². The zero-order valence-corrected chi connectivity index (χ0v) is 13.6. The van der Waals surface area contributed by atoms with Crippen molar-refractivity contribution in [2.75, 3.05) is 44.8 Å². The molecular weight excluding hydrogens is 302 g/mol. The summed E-state index contributed by atoms with van der Waals surface area (Å²) in [5.74, 6) is -0.375. The lowest BCUT2D eigenvalue weighted by molar-refractivity contribution is 0.152. The van der Waals surface area contributed by atoms with E-state index in [0.29, 0.717) is 38.0 Å². The molecule has 1 atom stereocenters. The van der Waals surface area contributed by atoms with Gasteiger partial charge in [0.15, 0.2) is 5.96 Å². The van der Waals surface area contributed by atoms with Crippen molar-refractivity contribution in [1.82, 2.24) is 10.6 Å². The molecule has 1 aliphatic rings. The Morgan fingerprint density at radius 2 is 2.26 bits per heavy atom. The third kappa shape index (κ3) is 5.06. The van der Waals surface area contributed by atoms with Crippen LogP contribution in [-0.2, 0) is 4.74 Å². The van der Waals surface area contributed by atoms with E-state index in [1.165, 1.54) is 12.1 Å². The standard InChI is InChI=1S/C16H24F2N4O/c1-3-23-9-7-20-16(19-2)21-13-6-8-22(11-13)15-5-4-12(17)10-14(15)18/h4-5,10,13H,3,6-9,11H2,1-2H3,(H2,19,20,21). The molecule has 128 valence electrons. The maximum absolute atomic E-state index is 13.8. The zero-order chi connectivity index (χ0) is 16.7. The van der Waals surface area contributed by atoms with Gasteiger partial charge in [0.1, 0.15) is 11.6 Å². The highest BCUT2D eigenvalue weighted by molar-refractivity contribution is 5.80. The van der Waals surface area contributed by atoms with Gasteiger partial charge in [-0.05, 0) is 25.5 Å². The van der Waals surface area contributed by atoms with Crippen LogP contribution in [0.2, 0.25) is 0 Å². The van der Waals surface area contributed by atoms with E-state index in [-0.39, 0.29) is 6.04 Å². The van der Waals surface area contributed by atoms with Gasteiger partial charge in [-0.1, -0.05) is 0 Å². The van der Waals surface area contributed by atoms with Gasteiger partial charge in [0.05, 0.1) is 12.3 Å². The Labute approximate surface area is 135 Å². The summed E-state index contributed by atoms with van der Waals surface area (Å²) in [6.45, 7) is 5.31. The molecule has 1 heterocycles. The van der Waals surface area contributed by atoms with E-state index < -0.39 is 11.6 Å². The van der Waals surface area contributed by atoms with Crippen molar-refractivity contribution in [3.05, 3.63) is 29.8 Å². The Hall–Kier alpha value is -1.89. The molecule has 1 aliphatic heterocycles. The van der Waals surface area contributed by atoms with Crippen molar-refractivity contribution in [2.45, 2.75) is 19.4 Å². The number of aliphatic imine (C=N–C) groups is 1. The normalized spacial score (nSPS) is 18.3. The molecule has 1 aromatic carbocycles. The second-order valence-electron chi connectivity index (χ2n) is 5.37. The highest BCUT2D eigenvalue weighted by Gasteiger charge is 2.25. The molecule has 2 rings (SSSR count). The minimum absolute atomic E-state index is 0.165. The smallest absolute Gasteiger partial charge is 0.191 e. The second kappa shape index (κ2) is 8.67. The van der Waals surface area contributed by atoms with E-state index in [2.05, 4.69) is 15.6 Å². The number of hydrogen-bond acceptors (Lipinski definition) is 3. The highest BCUT2D eigenvalue weighted by atomic mass is 19.1. The highest BCUT2D eigenvalue weighted by Crippen LogP contribution is 2.24. The topological polar surface area (TPSA) is 48.9 Å². The number of nitrogens with zero attached hydrogens (tertiary/aromatic N) is 2. The Morgan fingerprint density at radius 3 is 2.96 bits per heavy atom. The number of hydrogen-bond donors (Lipinski definition) is 2. The van der Waals surface area contributed by atoms with E-state index in [1.54, 1.807) is 7.05 Å². The molecular formula is C16H24F2N4O. The Kier molecular flexibility index (Phi) is 6.58. The van der Waals surface area contributed by atoms with Crippen LogP contribution in [0.3, 0.4) is 0 Å². The van der Waals surface area contributed by atoms with Crippen LogP contribution >= 0.6 is 0 Å². The predicted molar refractivity (Wildman–Crippen MR) is 88.0 cm³/mol. The summed E-state index contributed by atoms with van der Waals surface area (Å²) in [5, 5.41) is 6.49. The third-order valence-corrected chi connectivity index (χ3v) is 3.75. The van der Waals surface area contributed by atoms with E-state index >= 15 is 0 Å². The number of ether oxygens (including phenoxy) is 1. The van der Waals surface area contributed by atoms with E-state index in [9.17, 15) is 8.78 Å². The van der Waals surface area contributed by atoms with Crippen LogP contribution in [0.5, 0.6) is 0 Å². The molecule has 1 saturated heterocycles. The summed E-state index contributed by atoms with van der Waals surface area (Å²) in [7, 11) is 1.71. The fourth-order valence-electron chi connectivity index (χ4n) is 2.61. The number of guanidine groups is 1. The fraction of sp³-hybridized carbons (Fsp3) is 0.562. The number of nitrogens with one attached hydrogen (secondary N) is 2. The molecule has 0 aliphatic carbocycles.